The fraction of sp³-hybridized carbons (Fsp3) is 0.389. The molecule has 0 aliphatic carbocycles. The van der Waals surface area contributed by atoms with Crippen molar-refractivity contribution >= 4 is 22.9 Å². The van der Waals surface area contributed by atoms with Gasteiger partial charge in [-0.3, -0.25) is 4.90 Å². The highest BCUT2D eigenvalue weighted by atomic mass is 15.2. The molecule has 1 aromatic carbocycles. The number of nitrogens with one attached hydrogen (secondary N) is 1. The third kappa shape index (κ3) is 3.41. The molecule has 1 atom stereocenters. The molecule has 4 rings (SSSR count). The average molecular weight is 337 g/mol. The van der Waals surface area contributed by atoms with Crippen molar-refractivity contribution < 1.29 is 0 Å². The first kappa shape index (κ1) is 15.8. The van der Waals surface area contributed by atoms with E-state index >= 15 is 0 Å². The van der Waals surface area contributed by atoms with Crippen LogP contribution in [0.25, 0.3) is 11.2 Å². The van der Waals surface area contributed by atoms with Crippen LogP contribution in [0, 0.1) is 5.92 Å². The first-order chi connectivity index (χ1) is 12.2. The number of imidazole rings is 1. The van der Waals surface area contributed by atoms with Gasteiger partial charge < -0.3 is 15.6 Å². The number of aromatic nitrogens is 4. The minimum absolute atomic E-state index is 0.263. The summed E-state index contributed by atoms with van der Waals surface area (Å²) in [5, 5.41) is 0. The highest BCUT2D eigenvalue weighted by Gasteiger charge is 2.25. The van der Waals surface area contributed by atoms with Crippen molar-refractivity contribution in [3.63, 3.8) is 0 Å². The number of benzene rings is 1. The molecule has 1 aliphatic heterocycles. The Morgan fingerprint density at radius 3 is 2.96 bits per heavy atom. The molecule has 7 nitrogen and oxygen atoms in total. The van der Waals surface area contributed by atoms with E-state index < -0.39 is 0 Å². The van der Waals surface area contributed by atoms with E-state index in [0.29, 0.717) is 11.6 Å². The largest absolute Gasteiger partial charge is 0.368 e. The molecule has 0 spiro atoms. The molecule has 130 valence electrons. The first-order valence-electron chi connectivity index (χ1n) is 8.63. The third-order valence-electron chi connectivity index (χ3n) is 4.80. The maximum Gasteiger partial charge on any atom is 0.224 e. The van der Waals surface area contributed by atoms with Crippen LogP contribution in [-0.4, -0.2) is 51.5 Å². The second kappa shape index (κ2) is 6.68. The molecule has 1 saturated heterocycles. The van der Waals surface area contributed by atoms with Gasteiger partial charge in [-0.05, 0) is 24.4 Å². The summed E-state index contributed by atoms with van der Waals surface area (Å²) in [6, 6.07) is 10.7. The van der Waals surface area contributed by atoms with Crippen molar-refractivity contribution in [2.75, 3.05) is 37.3 Å². The van der Waals surface area contributed by atoms with Gasteiger partial charge in [0.15, 0.2) is 11.5 Å². The van der Waals surface area contributed by atoms with Gasteiger partial charge in [-0.1, -0.05) is 30.3 Å². The van der Waals surface area contributed by atoms with E-state index in [2.05, 4.69) is 67.1 Å². The summed E-state index contributed by atoms with van der Waals surface area (Å²) in [4.78, 5) is 20.6. The van der Waals surface area contributed by atoms with Crippen molar-refractivity contribution in [3.05, 3.63) is 42.2 Å². The molecular formula is C18H23N7. The van der Waals surface area contributed by atoms with E-state index in [1.807, 2.05) is 0 Å². The maximum absolute atomic E-state index is 5.83. The number of rotatable bonds is 5. The van der Waals surface area contributed by atoms with Gasteiger partial charge in [0.25, 0.3) is 0 Å². The smallest absolute Gasteiger partial charge is 0.224 e. The minimum atomic E-state index is 0.263. The van der Waals surface area contributed by atoms with Gasteiger partial charge in [0, 0.05) is 26.7 Å². The summed E-state index contributed by atoms with van der Waals surface area (Å²) in [6.07, 6.45) is 2.83. The zero-order chi connectivity index (χ0) is 17.2. The van der Waals surface area contributed by atoms with Gasteiger partial charge in [-0.15, -0.1) is 0 Å². The van der Waals surface area contributed by atoms with E-state index in [1.54, 1.807) is 6.33 Å². The molecule has 3 heterocycles. The van der Waals surface area contributed by atoms with E-state index in [0.717, 1.165) is 37.5 Å². The summed E-state index contributed by atoms with van der Waals surface area (Å²) >= 11 is 0. The zero-order valence-corrected chi connectivity index (χ0v) is 14.4. The Morgan fingerprint density at radius 2 is 2.12 bits per heavy atom. The van der Waals surface area contributed by atoms with Crippen molar-refractivity contribution in [2.45, 2.75) is 13.0 Å². The molecule has 25 heavy (non-hydrogen) atoms. The minimum Gasteiger partial charge on any atom is -0.368 e. The number of fused-ring (bicyclic) bond motifs is 1. The first-order valence-corrected chi connectivity index (χ1v) is 8.63. The van der Waals surface area contributed by atoms with Crippen LogP contribution in [0.15, 0.2) is 36.7 Å². The Bertz CT molecular complexity index is 845. The van der Waals surface area contributed by atoms with Crippen LogP contribution in [0.5, 0.6) is 0 Å². The highest BCUT2D eigenvalue weighted by molar-refractivity contribution is 5.83. The van der Waals surface area contributed by atoms with E-state index in [9.17, 15) is 0 Å². The molecule has 0 amide bonds. The number of H-pyrrole nitrogens is 1. The van der Waals surface area contributed by atoms with Crippen molar-refractivity contribution in [1.29, 1.82) is 0 Å². The molecule has 1 fully saturated rings. The number of nitrogens with two attached hydrogens (primary N) is 1. The molecular weight excluding hydrogens is 314 g/mol. The quantitative estimate of drug-likeness (QED) is 0.739. The molecule has 3 N–H and O–H groups in total. The van der Waals surface area contributed by atoms with Crippen LogP contribution < -0.4 is 10.6 Å². The molecule has 1 aliphatic rings. The van der Waals surface area contributed by atoms with Gasteiger partial charge in [-0.25, -0.2) is 4.98 Å². The topological polar surface area (TPSA) is 87.0 Å². The van der Waals surface area contributed by atoms with Gasteiger partial charge >= 0.3 is 0 Å². The number of hydrogen-bond acceptors (Lipinski definition) is 6. The number of nitrogens with zero attached hydrogens (tertiary/aromatic N) is 5. The van der Waals surface area contributed by atoms with E-state index in [-0.39, 0.29) is 5.95 Å². The number of hydrogen-bond donors (Lipinski definition) is 2. The Morgan fingerprint density at radius 1 is 1.28 bits per heavy atom. The Balaban J connectivity index is 1.41. The predicted octanol–water partition coefficient (Wildman–Crippen LogP) is 1.89. The van der Waals surface area contributed by atoms with Gasteiger partial charge in [0.2, 0.25) is 5.95 Å². The number of likely N-dealkylation sites (tertiary alicyclic amines) is 1. The maximum atomic E-state index is 5.83. The summed E-state index contributed by atoms with van der Waals surface area (Å²) in [5.41, 5.74) is 8.66. The van der Waals surface area contributed by atoms with Crippen LogP contribution in [-0.2, 0) is 6.54 Å². The van der Waals surface area contributed by atoms with Gasteiger partial charge in [0.05, 0.1) is 6.33 Å². The molecule has 7 heteroatoms. The lowest BCUT2D eigenvalue weighted by atomic mass is 10.1. The molecule has 0 saturated carbocycles. The molecule has 3 aromatic rings. The second-order valence-corrected chi connectivity index (χ2v) is 6.76. The van der Waals surface area contributed by atoms with Crippen molar-refractivity contribution in [3.8, 4) is 0 Å². The van der Waals surface area contributed by atoms with Crippen LogP contribution in [0.2, 0.25) is 0 Å². The van der Waals surface area contributed by atoms with E-state index in [1.165, 1.54) is 12.0 Å². The van der Waals surface area contributed by atoms with Gasteiger partial charge in [0.1, 0.15) is 5.52 Å². The van der Waals surface area contributed by atoms with Crippen molar-refractivity contribution in [1.82, 2.24) is 24.8 Å². The zero-order valence-electron chi connectivity index (χ0n) is 14.4. The van der Waals surface area contributed by atoms with E-state index in [4.69, 9.17) is 5.73 Å². The summed E-state index contributed by atoms with van der Waals surface area (Å²) < 4.78 is 0. The Hall–Kier alpha value is -2.67. The van der Waals surface area contributed by atoms with Crippen LogP contribution in [0.4, 0.5) is 11.8 Å². The van der Waals surface area contributed by atoms with Crippen LogP contribution in [0.1, 0.15) is 12.0 Å². The fourth-order valence-corrected chi connectivity index (χ4v) is 3.63. The molecule has 2 aromatic heterocycles. The molecule has 0 unspecified atom stereocenters. The number of nitrogen functional groups attached to an aromatic ring is 1. The third-order valence-corrected chi connectivity index (χ3v) is 4.80. The lowest BCUT2D eigenvalue weighted by Gasteiger charge is -2.23. The van der Waals surface area contributed by atoms with Crippen LogP contribution in [0.3, 0.4) is 0 Å². The second-order valence-electron chi connectivity index (χ2n) is 6.76. The highest BCUT2D eigenvalue weighted by Crippen LogP contribution is 2.25. The Kier molecular flexibility index (Phi) is 4.23. The van der Waals surface area contributed by atoms with Gasteiger partial charge in [-0.2, -0.15) is 9.97 Å². The number of aromatic amines is 1. The van der Waals surface area contributed by atoms with Crippen LogP contribution >= 0.6 is 0 Å². The fourth-order valence-electron chi connectivity index (χ4n) is 3.63. The summed E-state index contributed by atoms with van der Waals surface area (Å²) in [6.45, 7) is 4.20. The lowest BCUT2D eigenvalue weighted by molar-refractivity contribution is 0.317. The molecule has 0 bridgehead atoms. The monoisotopic (exact) mass is 337 g/mol. The predicted molar refractivity (Wildman–Crippen MR) is 99.2 cm³/mol. The summed E-state index contributed by atoms with van der Waals surface area (Å²) in [5.74, 6) is 1.70. The normalized spacial score (nSPS) is 18.0. The number of anilines is 2. The SMILES string of the molecule is CN(C[C@H]1CCN(Cc2ccccc2)C1)c1nc(N)nc2nc[nH]c12. The van der Waals surface area contributed by atoms with Crippen molar-refractivity contribution in [2.24, 2.45) is 5.92 Å². The summed E-state index contributed by atoms with van der Waals surface area (Å²) in [7, 11) is 2.06. The average Bonchev–Trinajstić information content (AvgIpc) is 3.24. The Labute approximate surface area is 146 Å². The standard InChI is InChI=1S/C18H23N7/c1-24(17-15-16(21-12-20-15)22-18(19)23-17)9-14-7-8-25(11-14)10-13-5-3-2-4-6-13/h2-6,12,14H,7-11H2,1H3,(H3,19,20,21,22,23)/t14-/m1/s1. The molecule has 0 radical (unpaired) electrons. The lowest BCUT2D eigenvalue weighted by Crippen LogP contribution is -2.29.